The molecule has 0 aliphatic rings. The van der Waals surface area contributed by atoms with Crippen molar-refractivity contribution in [2.75, 3.05) is 5.73 Å². The molecule has 0 radical (unpaired) electrons. The zero-order valence-electron chi connectivity index (χ0n) is 10.0. The monoisotopic (exact) mass is 239 g/mol. The number of aryl methyl sites for hydroxylation is 1. The van der Waals surface area contributed by atoms with Crippen molar-refractivity contribution in [1.82, 2.24) is 19.5 Å². The molecule has 1 aromatic carbocycles. The van der Waals surface area contributed by atoms with Crippen LogP contribution in [0.1, 0.15) is 11.1 Å². The maximum absolute atomic E-state index is 5.76. The van der Waals surface area contributed by atoms with Gasteiger partial charge in [-0.25, -0.2) is 15.0 Å². The van der Waals surface area contributed by atoms with Gasteiger partial charge in [0.1, 0.15) is 11.8 Å². The van der Waals surface area contributed by atoms with Gasteiger partial charge in [0, 0.05) is 0 Å². The maximum Gasteiger partial charge on any atom is 0.165 e. The number of hydrogen-bond donors (Lipinski definition) is 1. The molecule has 0 unspecified atom stereocenters. The summed E-state index contributed by atoms with van der Waals surface area (Å²) in [5, 5.41) is 0. The maximum atomic E-state index is 5.76. The highest BCUT2D eigenvalue weighted by atomic mass is 15.1. The molecule has 0 aliphatic carbocycles. The summed E-state index contributed by atoms with van der Waals surface area (Å²) >= 11 is 0. The number of imidazole rings is 1. The lowest BCUT2D eigenvalue weighted by Gasteiger charge is -2.04. The SMILES string of the molecule is Cc1ccc(Cn2cnc3c(N)ncnc32)cc1. The number of rotatable bonds is 2. The molecule has 0 amide bonds. The van der Waals surface area contributed by atoms with Gasteiger partial charge in [0.2, 0.25) is 0 Å². The molecule has 3 aromatic rings. The van der Waals surface area contributed by atoms with Crippen LogP contribution < -0.4 is 5.73 Å². The van der Waals surface area contributed by atoms with E-state index >= 15 is 0 Å². The minimum Gasteiger partial charge on any atom is -0.382 e. The van der Waals surface area contributed by atoms with Crippen LogP contribution in [0.5, 0.6) is 0 Å². The van der Waals surface area contributed by atoms with Crippen molar-refractivity contribution >= 4 is 17.0 Å². The lowest BCUT2D eigenvalue weighted by molar-refractivity contribution is 0.813. The summed E-state index contributed by atoms with van der Waals surface area (Å²) in [6, 6.07) is 8.40. The average molecular weight is 239 g/mol. The van der Waals surface area contributed by atoms with Gasteiger partial charge < -0.3 is 10.3 Å². The summed E-state index contributed by atoms with van der Waals surface area (Å²) in [4.78, 5) is 12.4. The van der Waals surface area contributed by atoms with Crippen molar-refractivity contribution in [3.05, 3.63) is 48.0 Å². The Balaban J connectivity index is 2.00. The fraction of sp³-hybridized carbons (Fsp3) is 0.154. The Morgan fingerprint density at radius 3 is 2.67 bits per heavy atom. The molecule has 0 atom stereocenters. The van der Waals surface area contributed by atoms with Gasteiger partial charge in [-0.1, -0.05) is 29.8 Å². The van der Waals surface area contributed by atoms with E-state index in [0.717, 1.165) is 12.2 Å². The van der Waals surface area contributed by atoms with Crippen LogP contribution >= 0.6 is 0 Å². The highest BCUT2D eigenvalue weighted by Gasteiger charge is 2.07. The molecule has 3 rings (SSSR count). The van der Waals surface area contributed by atoms with Gasteiger partial charge in [-0.3, -0.25) is 0 Å². The molecule has 2 N–H and O–H groups in total. The van der Waals surface area contributed by atoms with E-state index in [1.165, 1.54) is 17.5 Å². The predicted octanol–water partition coefficient (Wildman–Crippen LogP) is 1.77. The van der Waals surface area contributed by atoms with Crippen molar-refractivity contribution in [3.63, 3.8) is 0 Å². The van der Waals surface area contributed by atoms with Gasteiger partial charge >= 0.3 is 0 Å². The van der Waals surface area contributed by atoms with Crippen LogP contribution in [0.2, 0.25) is 0 Å². The summed E-state index contributed by atoms with van der Waals surface area (Å²) in [6.45, 7) is 2.80. The smallest absolute Gasteiger partial charge is 0.165 e. The molecule has 5 nitrogen and oxygen atoms in total. The number of nitrogen functional groups attached to an aromatic ring is 1. The van der Waals surface area contributed by atoms with Gasteiger partial charge in [-0.15, -0.1) is 0 Å². The van der Waals surface area contributed by atoms with Crippen LogP contribution in [0, 0.1) is 6.92 Å². The second kappa shape index (κ2) is 4.10. The molecule has 0 saturated heterocycles. The van der Waals surface area contributed by atoms with Crippen LogP contribution in [0.4, 0.5) is 5.82 Å². The first-order chi connectivity index (χ1) is 8.74. The number of hydrogen-bond acceptors (Lipinski definition) is 4. The molecule has 2 heterocycles. The third-order valence-corrected chi connectivity index (χ3v) is 2.90. The second-order valence-corrected chi connectivity index (χ2v) is 4.29. The second-order valence-electron chi connectivity index (χ2n) is 4.29. The minimum atomic E-state index is 0.419. The van der Waals surface area contributed by atoms with Crippen molar-refractivity contribution in [2.24, 2.45) is 0 Å². The van der Waals surface area contributed by atoms with E-state index in [-0.39, 0.29) is 0 Å². The molecule has 0 saturated carbocycles. The zero-order chi connectivity index (χ0) is 12.5. The topological polar surface area (TPSA) is 69.6 Å². The molecule has 18 heavy (non-hydrogen) atoms. The molecule has 0 aliphatic heterocycles. The van der Waals surface area contributed by atoms with Crippen LogP contribution in [0.15, 0.2) is 36.9 Å². The minimum absolute atomic E-state index is 0.419. The fourth-order valence-corrected chi connectivity index (χ4v) is 1.90. The Labute approximate surface area is 104 Å². The Morgan fingerprint density at radius 1 is 1.11 bits per heavy atom. The highest BCUT2D eigenvalue weighted by Crippen LogP contribution is 2.15. The van der Waals surface area contributed by atoms with E-state index in [2.05, 4.69) is 46.1 Å². The van der Waals surface area contributed by atoms with Crippen LogP contribution in [-0.2, 0) is 6.54 Å². The summed E-state index contributed by atoms with van der Waals surface area (Å²) in [5.74, 6) is 0.419. The van der Waals surface area contributed by atoms with Gasteiger partial charge in [-0.2, -0.15) is 0 Å². The van der Waals surface area contributed by atoms with E-state index in [9.17, 15) is 0 Å². The van der Waals surface area contributed by atoms with Gasteiger partial charge in [0.05, 0.1) is 12.9 Å². The van der Waals surface area contributed by atoms with Crippen molar-refractivity contribution in [2.45, 2.75) is 13.5 Å². The van der Waals surface area contributed by atoms with Crippen LogP contribution in [0.25, 0.3) is 11.2 Å². The predicted molar refractivity (Wildman–Crippen MR) is 70.0 cm³/mol. The lowest BCUT2D eigenvalue weighted by atomic mass is 10.1. The Kier molecular flexibility index (Phi) is 2.44. The Morgan fingerprint density at radius 2 is 1.89 bits per heavy atom. The van der Waals surface area contributed by atoms with Crippen LogP contribution in [-0.4, -0.2) is 19.5 Å². The summed E-state index contributed by atoms with van der Waals surface area (Å²) in [6.07, 6.45) is 3.21. The molecule has 0 fully saturated rings. The first kappa shape index (κ1) is 10.7. The molecule has 2 aromatic heterocycles. The summed E-state index contributed by atoms with van der Waals surface area (Å²) in [5.41, 5.74) is 9.64. The third-order valence-electron chi connectivity index (χ3n) is 2.90. The van der Waals surface area contributed by atoms with E-state index < -0.39 is 0 Å². The van der Waals surface area contributed by atoms with Gasteiger partial charge in [0.15, 0.2) is 11.5 Å². The molecular weight excluding hydrogens is 226 g/mol. The first-order valence-electron chi connectivity index (χ1n) is 5.71. The largest absolute Gasteiger partial charge is 0.382 e. The number of fused-ring (bicyclic) bond motifs is 1. The number of benzene rings is 1. The van der Waals surface area contributed by atoms with E-state index in [4.69, 9.17) is 5.73 Å². The lowest BCUT2D eigenvalue weighted by Crippen LogP contribution is -2.00. The van der Waals surface area contributed by atoms with E-state index in [1.807, 2.05) is 4.57 Å². The quantitative estimate of drug-likeness (QED) is 0.739. The average Bonchev–Trinajstić information content (AvgIpc) is 2.77. The Bertz CT molecular complexity index is 684. The van der Waals surface area contributed by atoms with Crippen molar-refractivity contribution < 1.29 is 0 Å². The van der Waals surface area contributed by atoms with E-state index in [0.29, 0.717) is 11.3 Å². The molecule has 0 spiro atoms. The molecule has 0 bridgehead atoms. The zero-order valence-corrected chi connectivity index (χ0v) is 10.0. The normalized spacial score (nSPS) is 10.9. The standard InChI is InChI=1S/C13H13N5/c1-9-2-4-10(5-3-9)6-18-8-17-11-12(14)15-7-16-13(11)18/h2-5,7-8H,6H2,1H3,(H2,14,15,16). The summed E-state index contributed by atoms with van der Waals surface area (Å²) in [7, 11) is 0. The van der Waals surface area contributed by atoms with Crippen molar-refractivity contribution in [3.8, 4) is 0 Å². The number of aromatic nitrogens is 4. The fourth-order valence-electron chi connectivity index (χ4n) is 1.90. The number of nitrogens with zero attached hydrogens (tertiary/aromatic N) is 4. The number of anilines is 1. The van der Waals surface area contributed by atoms with Crippen molar-refractivity contribution in [1.29, 1.82) is 0 Å². The Hall–Kier alpha value is -2.43. The van der Waals surface area contributed by atoms with Gasteiger partial charge in [-0.05, 0) is 12.5 Å². The molecular formula is C13H13N5. The van der Waals surface area contributed by atoms with E-state index in [1.54, 1.807) is 6.33 Å². The van der Waals surface area contributed by atoms with Gasteiger partial charge in [0.25, 0.3) is 0 Å². The highest BCUT2D eigenvalue weighted by molar-refractivity contribution is 5.81. The molecule has 5 heteroatoms. The first-order valence-corrected chi connectivity index (χ1v) is 5.71. The number of nitrogens with two attached hydrogens (primary N) is 1. The van der Waals surface area contributed by atoms with Crippen LogP contribution in [0.3, 0.4) is 0 Å². The summed E-state index contributed by atoms with van der Waals surface area (Å²) < 4.78 is 1.97. The third kappa shape index (κ3) is 1.79. The molecule has 90 valence electrons.